The minimum Gasteiger partial charge on any atom is -0.360 e. The van der Waals surface area contributed by atoms with E-state index in [0.717, 1.165) is 18.8 Å². The molecular formula is C19H22N2OS. The van der Waals surface area contributed by atoms with E-state index in [1.54, 1.807) is 16.7 Å². The molecule has 0 unspecified atom stereocenters. The van der Waals surface area contributed by atoms with Crippen molar-refractivity contribution in [1.82, 2.24) is 4.90 Å². The van der Waals surface area contributed by atoms with Gasteiger partial charge in [-0.25, -0.2) is 0 Å². The summed E-state index contributed by atoms with van der Waals surface area (Å²) in [4.78, 5) is 18.5. The second kappa shape index (κ2) is 6.67. The summed E-state index contributed by atoms with van der Waals surface area (Å²) in [5.74, 6) is 0.183. The van der Waals surface area contributed by atoms with Crippen molar-refractivity contribution in [1.29, 1.82) is 0 Å². The number of amides is 1. The topological polar surface area (TPSA) is 23.6 Å². The predicted octanol–water partition coefficient (Wildman–Crippen LogP) is 3.73. The Labute approximate surface area is 142 Å². The standard InChI is InChI=1S/C19H22N2OS/c1-14-8-9-17(15(2)12-14)23-18-7-5-4-6-16(18)21-11-10-20(3)19(22)13-21/h4-9,12H,10-11,13H2,1-3H3. The average Bonchev–Trinajstić information content (AvgIpc) is 2.53. The molecule has 3 rings (SSSR count). The Morgan fingerprint density at radius 2 is 1.78 bits per heavy atom. The number of carbonyl (C=O) groups is 1. The maximum atomic E-state index is 12.0. The van der Waals surface area contributed by atoms with E-state index in [0.29, 0.717) is 6.54 Å². The summed E-state index contributed by atoms with van der Waals surface area (Å²) < 4.78 is 0. The number of nitrogens with zero attached hydrogens (tertiary/aromatic N) is 2. The zero-order valence-corrected chi connectivity index (χ0v) is 14.7. The molecule has 2 aromatic rings. The van der Waals surface area contributed by atoms with Gasteiger partial charge in [0.15, 0.2) is 0 Å². The number of rotatable bonds is 3. The molecule has 1 fully saturated rings. The molecule has 0 aliphatic carbocycles. The first-order valence-electron chi connectivity index (χ1n) is 7.87. The number of benzene rings is 2. The second-order valence-corrected chi connectivity index (χ2v) is 7.16. The van der Waals surface area contributed by atoms with Crippen molar-refractivity contribution in [3.63, 3.8) is 0 Å². The Kier molecular flexibility index (Phi) is 4.62. The summed E-state index contributed by atoms with van der Waals surface area (Å²) in [5.41, 5.74) is 3.72. The molecule has 0 spiro atoms. The number of hydrogen-bond acceptors (Lipinski definition) is 3. The molecule has 120 valence electrons. The van der Waals surface area contributed by atoms with Gasteiger partial charge in [-0.15, -0.1) is 0 Å². The van der Waals surface area contributed by atoms with Crippen LogP contribution < -0.4 is 4.90 Å². The highest BCUT2D eigenvalue weighted by molar-refractivity contribution is 7.99. The molecule has 2 aromatic carbocycles. The molecular weight excluding hydrogens is 304 g/mol. The van der Waals surface area contributed by atoms with Gasteiger partial charge in [0.2, 0.25) is 5.91 Å². The number of likely N-dealkylation sites (N-methyl/N-ethyl adjacent to an activating group) is 1. The van der Waals surface area contributed by atoms with Crippen LogP contribution in [0.3, 0.4) is 0 Å². The van der Waals surface area contributed by atoms with Crippen LogP contribution in [0.25, 0.3) is 0 Å². The monoisotopic (exact) mass is 326 g/mol. The summed E-state index contributed by atoms with van der Waals surface area (Å²) in [7, 11) is 1.87. The summed E-state index contributed by atoms with van der Waals surface area (Å²) in [6.45, 7) is 6.39. The Morgan fingerprint density at radius 3 is 2.52 bits per heavy atom. The molecule has 3 nitrogen and oxygen atoms in total. The molecule has 0 aromatic heterocycles. The van der Waals surface area contributed by atoms with E-state index in [9.17, 15) is 4.79 Å². The maximum Gasteiger partial charge on any atom is 0.241 e. The van der Waals surface area contributed by atoms with Crippen molar-refractivity contribution >= 4 is 23.4 Å². The van der Waals surface area contributed by atoms with Gasteiger partial charge in [0, 0.05) is 29.9 Å². The van der Waals surface area contributed by atoms with Crippen molar-refractivity contribution in [2.24, 2.45) is 0 Å². The van der Waals surface area contributed by atoms with Crippen molar-refractivity contribution in [3.05, 3.63) is 53.6 Å². The number of para-hydroxylation sites is 1. The van der Waals surface area contributed by atoms with E-state index in [-0.39, 0.29) is 5.91 Å². The molecule has 0 radical (unpaired) electrons. The lowest BCUT2D eigenvalue weighted by Crippen LogP contribution is -2.48. The lowest BCUT2D eigenvalue weighted by Gasteiger charge is -2.34. The highest BCUT2D eigenvalue weighted by atomic mass is 32.2. The maximum absolute atomic E-state index is 12.0. The first-order chi connectivity index (χ1) is 11.0. The van der Waals surface area contributed by atoms with Gasteiger partial charge < -0.3 is 9.80 Å². The fraction of sp³-hybridized carbons (Fsp3) is 0.316. The normalized spacial score (nSPS) is 15.2. The Morgan fingerprint density at radius 1 is 1.00 bits per heavy atom. The third-order valence-electron chi connectivity index (χ3n) is 4.21. The van der Waals surface area contributed by atoms with Crippen molar-refractivity contribution in [3.8, 4) is 0 Å². The van der Waals surface area contributed by atoms with Gasteiger partial charge >= 0.3 is 0 Å². The van der Waals surface area contributed by atoms with Crippen molar-refractivity contribution in [2.45, 2.75) is 23.6 Å². The molecule has 4 heteroatoms. The Bertz CT molecular complexity index is 729. The quantitative estimate of drug-likeness (QED) is 0.858. The van der Waals surface area contributed by atoms with Crippen LogP contribution in [0, 0.1) is 13.8 Å². The minimum absolute atomic E-state index is 0.183. The molecule has 0 N–H and O–H groups in total. The first kappa shape index (κ1) is 15.9. The third-order valence-corrected chi connectivity index (χ3v) is 5.46. The summed E-state index contributed by atoms with van der Waals surface area (Å²) in [6, 6.07) is 14.9. The molecule has 0 atom stereocenters. The van der Waals surface area contributed by atoms with Crippen LogP contribution in [0.4, 0.5) is 5.69 Å². The average molecular weight is 326 g/mol. The summed E-state index contributed by atoms with van der Waals surface area (Å²) >= 11 is 1.78. The van der Waals surface area contributed by atoms with E-state index in [1.165, 1.54) is 20.9 Å². The van der Waals surface area contributed by atoms with Gasteiger partial charge in [-0.2, -0.15) is 0 Å². The van der Waals surface area contributed by atoms with Gasteiger partial charge in [-0.3, -0.25) is 4.79 Å². The van der Waals surface area contributed by atoms with Crippen molar-refractivity contribution in [2.75, 3.05) is 31.6 Å². The van der Waals surface area contributed by atoms with Gasteiger partial charge in [-0.05, 0) is 37.6 Å². The highest BCUT2D eigenvalue weighted by Crippen LogP contribution is 2.37. The van der Waals surface area contributed by atoms with Crippen LogP contribution in [0.1, 0.15) is 11.1 Å². The van der Waals surface area contributed by atoms with Crippen LogP contribution in [-0.4, -0.2) is 37.5 Å². The smallest absolute Gasteiger partial charge is 0.241 e. The molecule has 1 heterocycles. The first-order valence-corrected chi connectivity index (χ1v) is 8.69. The number of aryl methyl sites for hydroxylation is 2. The van der Waals surface area contributed by atoms with E-state index in [1.807, 2.05) is 13.1 Å². The predicted molar refractivity (Wildman–Crippen MR) is 96.3 cm³/mol. The second-order valence-electron chi connectivity index (χ2n) is 6.08. The van der Waals surface area contributed by atoms with E-state index in [2.05, 4.69) is 55.1 Å². The minimum atomic E-state index is 0.183. The third kappa shape index (κ3) is 3.53. The van der Waals surface area contributed by atoms with Crippen LogP contribution in [0.2, 0.25) is 0 Å². The molecule has 1 saturated heterocycles. The number of carbonyl (C=O) groups excluding carboxylic acids is 1. The lowest BCUT2D eigenvalue weighted by atomic mass is 10.2. The summed E-state index contributed by atoms with van der Waals surface area (Å²) in [6.07, 6.45) is 0. The SMILES string of the molecule is Cc1ccc(Sc2ccccc2N2CCN(C)C(=O)C2)c(C)c1. The largest absolute Gasteiger partial charge is 0.360 e. The number of anilines is 1. The van der Waals surface area contributed by atoms with Crippen LogP contribution >= 0.6 is 11.8 Å². The molecule has 23 heavy (non-hydrogen) atoms. The Hall–Kier alpha value is -1.94. The lowest BCUT2D eigenvalue weighted by molar-refractivity contribution is -0.129. The van der Waals surface area contributed by atoms with Crippen LogP contribution in [0.15, 0.2) is 52.3 Å². The molecule has 1 aliphatic rings. The Balaban J connectivity index is 1.87. The van der Waals surface area contributed by atoms with Crippen molar-refractivity contribution < 1.29 is 4.79 Å². The zero-order valence-electron chi connectivity index (χ0n) is 13.9. The molecule has 1 aliphatic heterocycles. The molecule has 0 bridgehead atoms. The number of piperazine rings is 1. The van der Waals surface area contributed by atoms with E-state index >= 15 is 0 Å². The molecule has 0 saturated carbocycles. The molecule has 1 amide bonds. The van der Waals surface area contributed by atoms with Gasteiger partial charge in [-0.1, -0.05) is 41.6 Å². The van der Waals surface area contributed by atoms with Gasteiger partial charge in [0.25, 0.3) is 0 Å². The fourth-order valence-electron chi connectivity index (χ4n) is 2.80. The van der Waals surface area contributed by atoms with Crippen LogP contribution in [0.5, 0.6) is 0 Å². The summed E-state index contributed by atoms with van der Waals surface area (Å²) in [5, 5.41) is 0. The highest BCUT2D eigenvalue weighted by Gasteiger charge is 2.23. The number of hydrogen-bond donors (Lipinski definition) is 0. The van der Waals surface area contributed by atoms with Gasteiger partial charge in [0.05, 0.1) is 12.2 Å². The van der Waals surface area contributed by atoms with E-state index in [4.69, 9.17) is 0 Å². The zero-order chi connectivity index (χ0) is 16.4. The fourth-order valence-corrected chi connectivity index (χ4v) is 3.84. The van der Waals surface area contributed by atoms with E-state index < -0.39 is 0 Å². The van der Waals surface area contributed by atoms with Crippen LogP contribution in [-0.2, 0) is 4.79 Å². The van der Waals surface area contributed by atoms with Gasteiger partial charge in [0.1, 0.15) is 0 Å².